The Morgan fingerprint density at radius 3 is 2.42 bits per heavy atom. The molecule has 3 fully saturated rings. The summed E-state index contributed by atoms with van der Waals surface area (Å²) in [5.41, 5.74) is 0.0724. The summed E-state index contributed by atoms with van der Waals surface area (Å²) >= 11 is 0. The van der Waals surface area contributed by atoms with Gasteiger partial charge in [-0.05, 0) is 56.4 Å². The van der Waals surface area contributed by atoms with E-state index < -0.39 is 42.5 Å². The lowest BCUT2D eigenvalue weighted by atomic mass is 10.0. The van der Waals surface area contributed by atoms with Crippen molar-refractivity contribution in [2.24, 2.45) is 0 Å². The SMILES string of the molecule is Cc1cc(F)cc(NS(=O)(=O)c2ccn(S(=O)(=O)C3CC3)c2)c1C(=N)N1CCN(c2ncc(F)cn2)CC12CC2. The summed E-state index contributed by atoms with van der Waals surface area (Å²) in [5.74, 6) is -0.782. The molecule has 2 saturated carbocycles. The third-order valence-electron chi connectivity index (χ3n) is 7.61. The van der Waals surface area contributed by atoms with Gasteiger partial charge in [-0.1, -0.05) is 0 Å². The maximum atomic E-state index is 14.5. The number of benzene rings is 1. The van der Waals surface area contributed by atoms with Crippen LogP contribution in [0.25, 0.3) is 0 Å². The number of nitrogens with zero attached hydrogens (tertiary/aromatic N) is 5. The van der Waals surface area contributed by atoms with Gasteiger partial charge < -0.3 is 9.80 Å². The van der Waals surface area contributed by atoms with E-state index in [2.05, 4.69) is 14.7 Å². The standard InChI is InChI=1S/C25H27F2N7O4S2/c1-16-10-17(26)11-21(31-39(35,36)20-4-7-33(14-20)40(37,38)19-2-3-19)22(16)23(28)34-9-8-32(15-25(34)5-6-25)24-29-12-18(27)13-30-24/h4,7,10-14,19,28,31H,2-3,5-6,8-9,15H2,1H3. The van der Waals surface area contributed by atoms with E-state index in [1.54, 1.807) is 6.92 Å². The molecule has 2 N–H and O–H groups in total. The topological polar surface area (TPSA) is 141 Å². The summed E-state index contributed by atoms with van der Waals surface area (Å²) in [4.78, 5) is 11.7. The van der Waals surface area contributed by atoms with Gasteiger partial charge in [0.25, 0.3) is 10.0 Å². The Kier molecular flexibility index (Phi) is 6.14. The van der Waals surface area contributed by atoms with Gasteiger partial charge >= 0.3 is 0 Å². The van der Waals surface area contributed by atoms with Crippen LogP contribution in [0.3, 0.4) is 0 Å². The highest BCUT2D eigenvalue weighted by atomic mass is 32.2. The number of hydrogen-bond donors (Lipinski definition) is 2. The quantitative estimate of drug-likeness (QED) is 0.316. The van der Waals surface area contributed by atoms with Gasteiger partial charge in [-0.2, -0.15) is 0 Å². The average Bonchev–Trinajstić information content (AvgIpc) is 3.82. The van der Waals surface area contributed by atoms with Gasteiger partial charge in [-0.25, -0.2) is 35.6 Å². The first-order chi connectivity index (χ1) is 18.9. The molecule has 212 valence electrons. The Balaban J connectivity index is 1.28. The maximum Gasteiger partial charge on any atom is 0.263 e. The molecule has 0 amide bonds. The molecule has 1 aromatic carbocycles. The first-order valence-corrected chi connectivity index (χ1v) is 15.7. The van der Waals surface area contributed by atoms with Crippen molar-refractivity contribution in [1.82, 2.24) is 18.8 Å². The van der Waals surface area contributed by atoms with Gasteiger partial charge in [0.1, 0.15) is 16.5 Å². The van der Waals surface area contributed by atoms with Crippen molar-refractivity contribution in [1.29, 1.82) is 5.41 Å². The molecule has 3 aliphatic rings. The van der Waals surface area contributed by atoms with Crippen molar-refractivity contribution in [3.05, 3.63) is 65.7 Å². The summed E-state index contributed by atoms with van der Waals surface area (Å²) in [6, 6.07) is 3.44. The van der Waals surface area contributed by atoms with Crippen LogP contribution in [0.15, 0.2) is 47.9 Å². The third kappa shape index (κ3) is 4.70. The van der Waals surface area contributed by atoms with E-state index in [0.717, 1.165) is 41.5 Å². The number of aryl methyl sites for hydroxylation is 1. The second-order valence-corrected chi connectivity index (χ2v) is 14.3. The van der Waals surface area contributed by atoms with E-state index in [4.69, 9.17) is 5.41 Å². The number of anilines is 2. The molecule has 0 bridgehead atoms. The van der Waals surface area contributed by atoms with Gasteiger partial charge in [0, 0.05) is 37.6 Å². The lowest BCUT2D eigenvalue weighted by molar-refractivity contribution is 0.257. The number of piperazine rings is 1. The van der Waals surface area contributed by atoms with E-state index >= 15 is 0 Å². The van der Waals surface area contributed by atoms with E-state index in [0.29, 0.717) is 44.0 Å². The van der Waals surface area contributed by atoms with Gasteiger partial charge in [-0.3, -0.25) is 14.1 Å². The van der Waals surface area contributed by atoms with Crippen molar-refractivity contribution < 1.29 is 25.6 Å². The minimum absolute atomic E-state index is 0.0428. The summed E-state index contributed by atoms with van der Waals surface area (Å²) in [6.07, 6.45) is 7.03. The van der Waals surface area contributed by atoms with E-state index in [-0.39, 0.29) is 22.0 Å². The minimum Gasteiger partial charge on any atom is -0.347 e. The van der Waals surface area contributed by atoms with Crippen LogP contribution in [0.1, 0.15) is 36.8 Å². The molecule has 0 radical (unpaired) electrons. The van der Waals surface area contributed by atoms with Crippen molar-refractivity contribution >= 4 is 37.5 Å². The van der Waals surface area contributed by atoms with Crippen LogP contribution >= 0.6 is 0 Å². The number of aromatic nitrogens is 3. The fraction of sp³-hybridized carbons (Fsp3) is 0.400. The molecule has 2 aromatic heterocycles. The largest absolute Gasteiger partial charge is 0.347 e. The van der Waals surface area contributed by atoms with Crippen molar-refractivity contribution in [2.75, 3.05) is 29.3 Å². The molecule has 40 heavy (non-hydrogen) atoms. The minimum atomic E-state index is -4.31. The van der Waals surface area contributed by atoms with Gasteiger partial charge in [0.15, 0.2) is 5.82 Å². The maximum absolute atomic E-state index is 14.5. The molecule has 15 heteroatoms. The average molecular weight is 592 g/mol. The lowest BCUT2D eigenvalue weighted by Crippen LogP contribution is -2.57. The zero-order chi connectivity index (χ0) is 28.4. The predicted molar refractivity (Wildman–Crippen MR) is 143 cm³/mol. The number of rotatable bonds is 7. The van der Waals surface area contributed by atoms with Crippen molar-refractivity contribution in [3.63, 3.8) is 0 Å². The molecule has 0 atom stereocenters. The fourth-order valence-corrected chi connectivity index (χ4v) is 7.92. The molecule has 6 rings (SSSR count). The molecular formula is C25H27F2N7O4S2. The first kappa shape index (κ1) is 26.6. The summed E-state index contributed by atoms with van der Waals surface area (Å²) in [6.45, 7) is 2.93. The van der Waals surface area contributed by atoms with Crippen LogP contribution in [0, 0.1) is 24.0 Å². The normalized spacial score (nSPS) is 18.7. The Morgan fingerprint density at radius 1 is 1.07 bits per heavy atom. The number of hydrogen-bond acceptors (Lipinski definition) is 8. The molecule has 1 spiro atoms. The Hall–Kier alpha value is -3.59. The van der Waals surface area contributed by atoms with E-state index in [1.165, 1.54) is 18.3 Å². The molecule has 3 heterocycles. The van der Waals surface area contributed by atoms with Crippen LogP contribution in [-0.2, 0) is 20.0 Å². The predicted octanol–water partition coefficient (Wildman–Crippen LogP) is 2.69. The van der Waals surface area contributed by atoms with Crippen molar-refractivity contribution in [2.45, 2.75) is 48.3 Å². The third-order valence-corrected chi connectivity index (χ3v) is 11.1. The summed E-state index contributed by atoms with van der Waals surface area (Å²) < 4.78 is 82.8. The van der Waals surface area contributed by atoms with Gasteiger partial charge in [0.2, 0.25) is 16.0 Å². The monoisotopic (exact) mass is 591 g/mol. The highest BCUT2D eigenvalue weighted by molar-refractivity contribution is 7.93. The molecule has 0 unspecified atom stereocenters. The highest BCUT2D eigenvalue weighted by Crippen LogP contribution is 2.46. The zero-order valence-corrected chi connectivity index (χ0v) is 23.1. The zero-order valence-electron chi connectivity index (χ0n) is 21.5. The fourth-order valence-electron chi connectivity index (χ4n) is 5.23. The Labute approximate surface area is 230 Å². The van der Waals surface area contributed by atoms with Crippen LogP contribution in [0.4, 0.5) is 20.4 Å². The highest BCUT2D eigenvalue weighted by Gasteiger charge is 2.53. The van der Waals surface area contributed by atoms with Crippen LogP contribution in [-0.4, -0.2) is 71.9 Å². The summed E-state index contributed by atoms with van der Waals surface area (Å²) in [7, 11) is -7.98. The molecule has 3 aromatic rings. The number of sulfonamides is 1. The first-order valence-electron chi connectivity index (χ1n) is 12.7. The summed E-state index contributed by atoms with van der Waals surface area (Å²) in [5, 5.41) is 8.59. The van der Waals surface area contributed by atoms with Crippen LogP contribution in [0.5, 0.6) is 0 Å². The molecule has 11 nitrogen and oxygen atoms in total. The Bertz CT molecular complexity index is 1720. The molecule has 1 aliphatic heterocycles. The molecule has 2 aliphatic carbocycles. The second-order valence-electron chi connectivity index (χ2n) is 10.5. The lowest BCUT2D eigenvalue weighted by Gasteiger charge is -2.44. The number of nitrogens with one attached hydrogen (secondary N) is 2. The second kappa shape index (κ2) is 9.23. The van der Waals surface area contributed by atoms with E-state index in [1.807, 2.05) is 9.80 Å². The molecule has 1 saturated heterocycles. The number of amidine groups is 1. The van der Waals surface area contributed by atoms with Crippen LogP contribution < -0.4 is 9.62 Å². The van der Waals surface area contributed by atoms with Gasteiger partial charge in [-0.15, -0.1) is 0 Å². The number of halogens is 2. The Morgan fingerprint density at radius 2 is 1.77 bits per heavy atom. The molecular weight excluding hydrogens is 564 g/mol. The van der Waals surface area contributed by atoms with Crippen LogP contribution in [0.2, 0.25) is 0 Å². The smallest absolute Gasteiger partial charge is 0.263 e. The van der Waals surface area contributed by atoms with Gasteiger partial charge in [0.05, 0.1) is 28.9 Å². The van der Waals surface area contributed by atoms with Crippen molar-refractivity contribution in [3.8, 4) is 0 Å². The van der Waals surface area contributed by atoms with E-state index in [9.17, 15) is 25.6 Å².